The minimum Gasteiger partial charge on any atom is -0.480 e. The van der Waals surface area contributed by atoms with Crippen LogP contribution in [-0.2, 0) is 9.53 Å². The second-order valence-corrected chi connectivity index (χ2v) is 7.77. The molecule has 1 N–H and O–H groups in total. The van der Waals surface area contributed by atoms with Gasteiger partial charge in [0, 0.05) is 11.1 Å². The maximum atomic E-state index is 12.9. The van der Waals surface area contributed by atoms with Crippen LogP contribution in [0.3, 0.4) is 0 Å². The Bertz CT molecular complexity index is 1140. The number of esters is 1. The Balaban J connectivity index is 1.72. The van der Waals surface area contributed by atoms with Crippen molar-refractivity contribution in [2.24, 2.45) is 0 Å². The molecule has 0 fully saturated rings. The number of carbonyl (C=O) groups is 2. The van der Waals surface area contributed by atoms with Crippen molar-refractivity contribution in [1.29, 1.82) is 0 Å². The topological polar surface area (TPSA) is 73.9 Å². The van der Waals surface area contributed by atoms with Gasteiger partial charge in [-0.25, -0.2) is 4.79 Å². The Morgan fingerprint density at radius 2 is 1.70 bits per heavy atom. The molecule has 0 aromatic heterocycles. The predicted octanol–water partition coefficient (Wildman–Crippen LogP) is 6.76. The minimum atomic E-state index is -0.797. The van der Waals surface area contributed by atoms with Crippen LogP contribution in [-0.4, -0.2) is 24.6 Å². The van der Waals surface area contributed by atoms with Crippen LogP contribution in [0.15, 0.2) is 66.7 Å². The summed E-state index contributed by atoms with van der Waals surface area (Å²) in [6, 6.07) is 18.5. The highest BCUT2D eigenvalue weighted by atomic mass is 35.5. The van der Waals surface area contributed by atoms with Crippen LogP contribution in [0.5, 0.6) is 17.2 Å². The lowest BCUT2D eigenvalue weighted by Crippen LogP contribution is -2.33. The molecule has 0 radical (unpaired) electrons. The number of ether oxygens (including phenoxy) is 3. The van der Waals surface area contributed by atoms with Crippen molar-refractivity contribution in [3.63, 3.8) is 0 Å². The lowest BCUT2D eigenvalue weighted by Gasteiger charge is -2.19. The molecule has 6 nitrogen and oxygen atoms in total. The van der Waals surface area contributed by atoms with E-state index in [0.717, 1.165) is 0 Å². The number of amides is 1. The van der Waals surface area contributed by atoms with Gasteiger partial charge < -0.3 is 19.5 Å². The lowest BCUT2D eigenvalue weighted by molar-refractivity contribution is -0.122. The van der Waals surface area contributed by atoms with Crippen LogP contribution >= 0.6 is 23.2 Å². The number of halogens is 2. The van der Waals surface area contributed by atoms with Gasteiger partial charge in [-0.05, 0) is 55.8 Å². The third kappa shape index (κ3) is 6.63. The maximum absolute atomic E-state index is 12.9. The summed E-state index contributed by atoms with van der Waals surface area (Å²) < 4.78 is 16.8. The van der Waals surface area contributed by atoms with Gasteiger partial charge in [-0.15, -0.1) is 0 Å². The zero-order chi connectivity index (χ0) is 23.8. The van der Waals surface area contributed by atoms with Crippen LogP contribution in [0.25, 0.3) is 0 Å². The summed E-state index contributed by atoms with van der Waals surface area (Å²) in [5.74, 6) is 0.478. The third-order valence-corrected chi connectivity index (χ3v) is 5.08. The van der Waals surface area contributed by atoms with E-state index in [4.69, 9.17) is 37.4 Å². The monoisotopic (exact) mass is 487 g/mol. The standard InChI is InChI=1S/C25H23Cl2NO5/c1-3-22(24(29)28-21-11-6-5-10-19(21)25(30)31-4-2)32-17-8-7-9-18(15-17)33-23-13-12-16(26)14-20(23)27/h5-15,22H,3-4H2,1-2H3,(H,28,29). The first-order valence-electron chi connectivity index (χ1n) is 10.4. The molecule has 3 aromatic rings. The third-order valence-electron chi connectivity index (χ3n) is 4.55. The summed E-state index contributed by atoms with van der Waals surface area (Å²) in [5, 5.41) is 3.64. The summed E-state index contributed by atoms with van der Waals surface area (Å²) in [6.45, 7) is 3.79. The second-order valence-electron chi connectivity index (χ2n) is 6.92. The van der Waals surface area contributed by atoms with Crippen LogP contribution in [0.2, 0.25) is 10.0 Å². The number of para-hydroxylation sites is 1. The van der Waals surface area contributed by atoms with Gasteiger partial charge in [0.1, 0.15) is 17.2 Å². The van der Waals surface area contributed by atoms with Gasteiger partial charge in [0.15, 0.2) is 6.10 Å². The molecule has 3 aromatic carbocycles. The molecule has 1 unspecified atom stereocenters. The molecular weight excluding hydrogens is 465 g/mol. The molecule has 0 heterocycles. The highest BCUT2D eigenvalue weighted by Crippen LogP contribution is 2.33. The molecular formula is C25H23Cl2NO5. The van der Waals surface area contributed by atoms with Gasteiger partial charge in [-0.2, -0.15) is 0 Å². The fourth-order valence-corrected chi connectivity index (χ4v) is 3.42. The largest absolute Gasteiger partial charge is 0.480 e. The summed E-state index contributed by atoms with van der Waals surface area (Å²) in [4.78, 5) is 25.1. The minimum absolute atomic E-state index is 0.238. The molecule has 3 rings (SSSR count). The molecule has 0 bridgehead atoms. The van der Waals surface area contributed by atoms with Gasteiger partial charge in [-0.1, -0.05) is 48.3 Å². The Morgan fingerprint density at radius 1 is 0.939 bits per heavy atom. The number of anilines is 1. The number of benzene rings is 3. The summed E-state index contributed by atoms with van der Waals surface area (Å²) in [6.07, 6.45) is -0.392. The Morgan fingerprint density at radius 3 is 2.42 bits per heavy atom. The molecule has 0 saturated heterocycles. The summed E-state index contributed by atoms with van der Waals surface area (Å²) >= 11 is 12.1. The first kappa shape index (κ1) is 24.4. The molecule has 172 valence electrons. The second kappa shape index (κ2) is 11.6. The molecule has 0 aliphatic heterocycles. The number of nitrogens with one attached hydrogen (secondary N) is 1. The van der Waals surface area contributed by atoms with Crippen molar-refractivity contribution >= 4 is 40.8 Å². The Kier molecular flexibility index (Phi) is 8.58. The van der Waals surface area contributed by atoms with Gasteiger partial charge in [0.05, 0.1) is 22.9 Å². The fourth-order valence-electron chi connectivity index (χ4n) is 2.97. The predicted molar refractivity (Wildman–Crippen MR) is 129 cm³/mol. The highest BCUT2D eigenvalue weighted by molar-refractivity contribution is 6.35. The highest BCUT2D eigenvalue weighted by Gasteiger charge is 2.21. The van der Waals surface area contributed by atoms with Gasteiger partial charge >= 0.3 is 5.97 Å². The first-order chi connectivity index (χ1) is 15.9. The van der Waals surface area contributed by atoms with E-state index in [0.29, 0.717) is 39.4 Å². The fraction of sp³-hybridized carbons (Fsp3) is 0.200. The first-order valence-corrected chi connectivity index (χ1v) is 11.1. The van der Waals surface area contributed by atoms with E-state index in [2.05, 4.69) is 5.32 Å². The van der Waals surface area contributed by atoms with Crippen molar-refractivity contribution in [2.45, 2.75) is 26.4 Å². The van der Waals surface area contributed by atoms with Crippen molar-refractivity contribution in [3.8, 4) is 17.2 Å². The SMILES string of the molecule is CCOC(=O)c1ccccc1NC(=O)C(CC)Oc1cccc(Oc2ccc(Cl)cc2Cl)c1. The van der Waals surface area contributed by atoms with Gasteiger partial charge in [0.2, 0.25) is 0 Å². The quantitative estimate of drug-likeness (QED) is 0.337. The number of carbonyl (C=O) groups excluding carboxylic acids is 2. The summed E-state index contributed by atoms with van der Waals surface area (Å²) in [7, 11) is 0. The smallest absolute Gasteiger partial charge is 0.340 e. The van der Waals surface area contributed by atoms with Crippen LogP contribution in [0.4, 0.5) is 5.69 Å². The Labute approximate surface area is 202 Å². The summed E-state index contributed by atoms with van der Waals surface area (Å²) in [5.41, 5.74) is 0.634. The van der Waals surface area contributed by atoms with Crippen molar-refractivity contribution in [3.05, 3.63) is 82.3 Å². The number of hydrogen-bond acceptors (Lipinski definition) is 5. The van der Waals surface area contributed by atoms with Gasteiger partial charge in [0.25, 0.3) is 5.91 Å². The number of rotatable bonds is 9. The molecule has 0 aliphatic rings. The molecule has 1 amide bonds. The van der Waals surface area contributed by atoms with Crippen molar-refractivity contribution in [1.82, 2.24) is 0 Å². The molecule has 8 heteroatoms. The van der Waals surface area contributed by atoms with E-state index in [9.17, 15) is 9.59 Å². The van der Waals surface area contributed by atoms with Crippen molar-refractivity contribution < 1.29 is 23.8 Å². The molecule has 1 atom stereocenters. The van der Waals surface area contributed by atoms with E-state index < -0.39 is 12.1 Å². The van der Waals surface area contributed by atoms with Crippen LogP contribution in [0, 0.1) is 0 Å². The zero-order valence-electron chi connectivity index (χ0n) is 18.1. The lowest BCUT2D eigenvalue weighted by atomic mass is 10.1. The van der Waals surface area contributed by atoms with Crippen LogP contribution in [0.1, 0.15) is 30.6 Å². The molecule has 0 spiro atoms. The van der Waals surface area contributed by atoms with Gasteiger partial charge in [-0.3, -0.25) is 4.79 Å². The van der Waals surface area contributed by atoms with E-state index in [1.807, 2.05) is 6.92 Å². The average Bonchev–Trinajstić information content (AvgIpc) is 2.80. The van der Waals surface area contributed by atoms with E-state index in [-0.39, 0.29) is 18.1 Å². The van der Waals surface area contributed by atoms with Crippen LogP contribution < -0.4 is 14.8 Å². The molecule has 0 saturated carbocycles. The number of hydrogen-bond donors (Lipinski definition) is 1. The van der Waals surface area contributed by atoms with E-state index >= 15 is 0 Å². The normalized spacial score (nSPS) is 11.4. The average molecular weight is 488 g/mol. The molecule has 33 heavy (non-hydrogen) atoms. The maximum Gasteiger partial charge on any atom is 0.340 e. The van der Waals surface area contributed by atoms with Crippen molar-refractivity contribution in [2.75, 3.05) is 11.9 Å². The molecule has 0 aliphatic carbocycles. The Hall–Kier alpha value is -3.22. The van der Waals surface area contributed by atoms with E-state index in [1.165, 1.54) is 0 Å². The zero-order valence-corrected chi connectivity index (χ0v) is 19.7. The van der Waals surface area contributed by atoms with E-state index in [1.54, 1.807) is 73.7 Å².